The van der Waals surface area contributed by atoms with E-state index in [0.717, 1.165) is 4.90 Å². The number of rotatable bonds is 5. The summed E-state index contributed by atoms with van der Waals surface area (Å²) >= 11 is 4.63. The molecular formula is C15H13BrN4O2S2. The molecule has 0 aliphatic rings. The molecule has 0 spiro atoms. The quantitative estimate of drug-likeness (QED) is 0.677. The molecule has 0 radical (unpaired) electrons. The first-order valence-corrected chi connectivity index (χ1v) is 9.94. The maximum absolute atomic E-state index is 12.6. The van der Waals surface area contributed by atoms with Crippen LogP contribution in [0, 0.1) is 0 Å². The number of para-hydroxylation sites is 1. The van der Waals surface area contributed by atoms with Crippen molar-refractivity contribution in [1.29, 1.82) is 0 Å². The normalized spacial score (nSPS) is 11.4. The number of aromatic nitrogens is 3. The van der Waals surface area contributed by atoms with E-state index in [1.165, 1.54) is 11.8 Å². The summed E-state index contributed by atoms with van der Waals surface area (Å²) in [7, 11) is -1.85. The molecule has 9 heteroatoms. The van der Waals surface area contributed by atoms with Gasteiger partial charge in [-0.25, -0.2) is 8.42 Å². The molecule has 124 valence electrons. The fourth-order valence-corrected chi connectivity index (χ4v) is 4.53. The van der Waals surface area contributed by atoms with E-state index >= 15 is 0 Å². The Morgan fingerprint density at radius 1 is 1.17 bits per heavy atom. The second kappa shape index (κ2) is 6.96. The summed E-state index contributed by atoms with van der Waals surface area (Å²) in [6.07, 6.45) is 1.59. The molecule has 24 heavy (non-hydrogen) atoms. The van der Waals surface area contributed by atoms with E-state index in [1.54, 1.807) is 47.3 Å². The lowest BCUT2D eigenvalue weighted by Gasteiger charge is -2.12. The van der Waals surface area contributed by atoms with Gasteiger partial charge in [0.2, 0.25) is 0 Å². The van der Waals surface area contributed by atoms with Crippen molar-refractivity contribution >= 4 is 43.4 Å². The lowest BCUT2D eigenvalue weighted by molar-refractivity contribution is 0.601. The molecule has 0 atom stereocenters. The molecule has 0 unspecified atom stereocenters. The second-order valence-corrected chi connectivity index (χ2v) is 8.49. The molecule has 3 aromatic rings. The minimum atomic E-state index is -3.68. The number of benzene rings is 2. The van der Waals surface area contributed by atoms with Gasteiger partial charge in [-0.05, 0) is 42.1 Å². The zero-order valence-corrected chi connectivity index (χ0v) is 15.8. The molecule has 0 aliphatic carbocycles. The van der Waals surface area contributed by atoms with Gasteiger partial charge in [0.25, 0.3) is 10.0 Å². The number of nitrogens with zero attached hydrogens (tertiary/aromatic N) is 3. The predicted molar refractivity (Wildman–Crippen MR) is 96.5 cm³/mol. The van der Waals surface area contributed by atoms with E-state index in [2.05, 4.69) is 30.8 Å². The molecule has 0 bridgehead atoms. The Bertz CT molecular complexity index is 973. The maximum Gasteiger partial charge on any atom is 0.261 e. The Hall–Kier alpha value is -1.84. The fraction of sp³-hybridized carbons (Fsp3) is 0.0667. The van der Waals surface area contributed by atoms with Crippen LogP contribution in [0.15, 0.2) is 74.3 Å². The molecule has 1 N–H and O–H groups in total. The number of anilines is 1. The highest BCUT2D eigenvalue weighted by molar-refractivity contribution is 9.10. The van der Waals surface area contributed by atoms with Gasteiger partial charge in [0.05, 0.1) is 10.6 Å². The van der Waals surface area contributed by atoms with E-state index in [-0.39, 0.29) is 4.90 Å². The number of nitrogens with one attached hydrogen (secondary N) is 1. The average molecular weight is 425 g/mol. The first-order valence-electron chi connectivity index (χ1n) is 6.85. The zero-order valence-electron chi connectivity index (χ0n) is 12.5. The van der Waals surface area contributed by atoms with Crippen molar-refractivity contribution in [1.82, 2.24) is 14.8 Å². The molecule has 2 aromatic carbocycles. The van der Waals surface area contributed by atoms with Crippen molar-refractivity contribution in [3.8, 4) is 0 Å². The zero-order chi connectivity index (χ0) is 17.2. The van der Waals surface area contributed by atoms with Crippen LogP contribution in [0.2, 0.25) is 0 Å². The largest absolute Gasteiger partial charge is 0.311 e. The number of halogens is 1. The van der Waals surface area contributed by atoms with Gasteiger partial charge in [0, 0.05) is 16.4 Å². The number of hydrogen-bond donors (Lipinski definition) is 1. The van der Waals surface area contributed by atoms with E-state index in [4.69, 9.17) is 0 Å². The monoisotopic (exact) mass is 424 g/mol. The lowest BCUT2D eigenvalue weighted by atomic mass is 10.3. The molecule has 0 saturated carbocycles. The molecule has 1 aromatic heterocycles. The summed E-state index contributed by atoms with van der Waals surface area (Å²) in [6, 6.07) is 13.7. The van der Waals surface area contributed by atoms with Gasteiger partial charge in [0.1, 0.15) is 6.33 Å². The lowest BCUT2D eigenvalue weighted by Crippen LogP contribution is -2.13. The van der Waals surface area contributed by atoms with Gasteiger partial charge in [-0.2, -0.15) is 0 Å². The van der Waals surface area contributed by atoms with E-state index < -0.39 is 10.0 Å². The third kappa shape index (κ3) is 3.80. The summed E-state index contributed by atoms with van der Waals surface area (Å²) in [5.74, 6) is 0. The van der Waals surface area contributed by atoms with Crippen molar-refractivity contribution in [2.75, 3.05) is 4.72 Å². The Labute approximate surface area is 152 Å². The van der Waals surface area contributed by atoms with Gasteiger partial charge in [0.15, 0.2) is 5.16 Å². The standard InChI is InChI=1S/C15H13BrN4O2S2/c1-20-10-17-18-15(20)23-14-8-3-2-7-13(14)19-24(21,22)12-6-4-5-11(16)9-12/h2-10,19H,1H3. The van der Waals surface area contributed by atoms with Crippen LogP contribution in [-0.2, 0) is 17.1 Å². The van der Waals surface area contributed by atoms with Crippen molar-refractivity contribution in [2.24, 2.45) is 7.05 Å². The topological polar surface area (TPSA) is 76.9 Å². The van der Waals surface area contributed by atoms with Crippen LogP contribution < -0.4 is 4.72 Å². The highest BCUT2D eigenvalue weighted by Gasteiger charge is 2.17. The number of aryl methyl sites for hydroxylation is 1. The van der Waals surface area contributed by atoms with Gasteiger partial charge in [-0.15, -0.1) is 10.2 Å². The molecule has 0 saturated heterocycles. The van der Waals surface area contributed by atoms with Crippen molar-refractivity contribution in [3.63, 3.8) is 0 Å². The van der Waals surface area contributed by atoms with Crippen LogP contribution in [0.25, 0.3) is 0 Å². The predicted octanol–water partition coefficient (Wildman–Crippen LogP) is 3.53. The molecule has 0 fully saturated rings. The van der Waals surface area contributed by atoms with Gasteiger partial charge in [-0.3, -0.25) is 4.72 Å². The minimum absolute atomic E-state index is 0.190. The highest BCUT2D eigenvalue weighted by atomic mass is 79.9. The van der Waals surface area contributed by atoms with E-state index in [9.17, 15) is 8.42 Å². The van der Waals surface area contributed by atoms with Crippen molar-refractivity contribution < 1.29 is 8.42 Å². The summed E-state index contributed by atoms with van der Waals surface area (Å²) in [5.41, 5.74) is 0.491. The van der Waals surface area contributed by atoms with Crippen LogP contribution >= 0.6 is 27.7 Å². The van der Waals surface area contributed by atoms with Crippen LogP contribution in [-0.4, -0.2) is 23.2 Å². The Morgan fingerprint density at radius 2 is 1.96 bits per heavy atom. The Balaban J connectivity index is 1.92. The molecule has 0 aliphatic heterocycles. The fourth-order valence-electron chi connectivity index (χ4n) is 1.94. The third-order valence-electron chi connectivity index (χ3n) is 3.11. The molecule has 1 heterocycles. The Kier molecular flexibility index (Phi) is 4.93. The summed E-state index contributed by atoms with van der Waals surface area (Å²) in [6.45, 7) is 0. The van der Waals surface area contributed by atoms with Crippen LogP contribution in [0.3, 0.4) is 0 Å². The Morgan fingerprint density at radius 3 is 2.67 bits per heavy atom. The average Bonchev–Trinajstić information content (AvgIpc) is 2.94. The molecule has 6 nitrogen and oxygen atoms in total. The SMILES string of the molecule is Cn1cnnc1Sc1ccccc1NS(=O)(=O)c1cccc(Br)c1. The van der Waals surface area contributed by atoms with E-state index in [0.29, 0.717) is 15.3 Å². The minimum Gasteiger partial charge on any atom is -0.311 e. The first-order chi connectivity index (χ1) is 11.5. The van der Waals surface area contributed by atoms with Crippen LogP contribution in [0.5, 0.6) is 0 Å². The van der Waals surface area contributed by atoms with Gasteiger partial charge < -0.3 is 4.57 Å². The molecule has 3 rings (SSSR count). The van der Waals surface area contributed by atoms with Gasteiger partial charge in [-0.1, -0.05) is 34.1 Å². The van der Waals surface area contributed by atoms with Crippen molar-refractivity contribution in [2.45, 2.75) is 14.9 Å². The maximum atomic E-state index is 12.6. The number of sulfonamides is 1. The second-order valence-electron chi connectivity index (χ2n) is 4.89. The van der Waals surface area contributed by atoms with Crippen LogP contribution in [0.1, 0.15) is 0 Å². The highest BCUT2D eigenvalue weighted by Crippen LogP contribution is 2.33. The summed E-state index contributed by atoms with van der Waals surface area (Å²) in [5, 5.41) is 8.51. The summed E-state index contributed by atoms with van der Waals surface area (Å²) < 4.78 is 30.3. The van der Waals surface area contributed by atoms with Gasteiger partial charge >= 0.3 is 0 Å². The summed E-state index contributed by atoms with van der Waals surface area (Å²) in [4.78, 5) is 0.933. The molecular weight excluding hydrogens is 412 g/mol. The van der Waals surface area contributed by atoms with E-state index in [1.807, 2.05) is 19.2 Å². The van der Waals surface area contributed by atoms with Crippen LogP contribution in [0.4, 0.5) is 5.69 Å². The smallest absolute Gasteiger partial charge is 0.261 e. The molecule has 0 amide bonds. The first kappa shape index (κ1) is 17.0. The number of hydrogen-bond acceptors (Lipinski definition) is 5. The third-order valence-corrected chi connectivity index (χ3v) is 6.09. The van der Waals surface area contributed by atoms with Crippen molar-refractivity contribution in [3.05, 3.63) is 59.3 Å².